The van der Waals surface area contributed by atoms with Gasteiger partial charge in [0.25, 0.3) is 0 Å². The first kappa shape index (κ1) is 9.19. The third-order valence-electron chi connectivity index (χ3n) is 1.28. The predicted molar refractivity (Wildman–Crippen MR) is 50.9 cm³/mol. The third-order valence-corrected chi connectivity index (χ3v) is 2.27. The number of hydrogen-bond donors (Lipinski definition) is 1. The van der Waals surface area contributed by atoms with Crippen molar-refractivity contribution in [3.8, 4) is 0 Å². The van der Waals surface area contributed by atoms with Crippen molar-refractivity contribution in [3.63, 3.8) is 0 Å². The van der Waals surface area contributed by atoms with Gasteiger partial charge in [-0.15, -0.1) is 0 Å². The molecule has 66 valence electrons. The molecule has 1 N–H and O–H groups in total. The first-order valence-electron chi connectivity index (χ1n) is 3.75. The third kappa shape index (κ3) is 3.48. The molecule has 0 aliphatic heterocycles. The number of hydrogen-bond acceptors (Lipinski definition) is 4. The van der Waals surface area contributed by atoms with E-state index < -0.39 is 0 Å². The standard InChI is InChI=1S/C8H12N2OS/c1-2-9-4-6-12-7-8-3-5-11-10-8/h2-3,5,9H,1,4,6-7H2. The summed E-state index contributed by atoms with van der Waals surface area (Å²) in [4.78, 5) is 0. The second-order valence-corrected chi connectivity index (χ2v) is 3.31. The summed E-state index contributed by atoms with van der Waals surface area (Å²) < 4.78 is 4.70. The smallest absolute Gasteiger partial charge is 0.124 e. The van der Waals surface area contributed by atoms with Crippen LogP contribution >= 0.6 is 11.8 Å². The van der Waals surface area contributed by atoms with E-state index in [9.17, 15) is 0 Å². The Morgan fingerprint density at radius 3 is 3.33 bits per heavy atom. The Morgan fingerprint density at radius 1 is 1.75 bits per heavy atom. The molecule has 0 aromatic carbocycles. The van der Waals surface area contributed by atoms with Crippen LogP contribution in [-0.4, -0.2) is 17.5 Å². The number of nitrogens with one attached hydrogen (secondary N) is 1. The summed E-state index contributed by atoms with van der Waals surface area (Å²) >= 11 is 1.82. The van der Waals surface area contributed by atoms with Gasteiger partial charge in [0.1, 0.15) is 6.26 Å². The van der Waals surface area contributed by atoms with Gasteiger partial charge in [0.2, 0.25) is 0 Å². The van der Waals surface area contributed by atoms with E-state index in [1.54, 1.807) is 12.5 Å². The first-order chi connectivity index (χ1) is 5.93. The van der Waals surface area contributed by atoms with Gasteiger partial charge in [-0.3, -0.25) is 0 Å². The normalized spacial score (nSPS) is 9.67. The van der Waals surface area contributed by atoms with E-state index in [0.717, 1.165) is 23.7 Å². The summed E-state index contributed by atoms with van der Waals surface area (Å²) in [6.07, 6.45) is 3.30. The van der Waals surface area contributed by atoms with Crippen molar-refractivity contribution in [2.45, 2.75) is 5.75 Å². The zero-order valence-electron chi connectivity index (χ0n) is 6.82. The Morgan fingerprint density at radius 2 is 2.67 bits per heavy atom. The Bertz CT molecular complexity index is 211. The Kier molecular flexibility index (Phi) is 4.37. The lowest BCUT2D eigenvalue weighted by molar-refractivity contribution is 0.414. The zero-order chi connectivity index (χ0) is 8.65. The van der Waals surface area contributed by atoms with Crippen LogP contribution in [0.3, 0.4) is 0 Å². The van der Waals surface area contributed by atoms with Crippen molar-refractivity contribution in [2.24, 2.45) is 0 Å². The van der Waals surface area contributed by atoms with E-state index in [4.69, 9.17) is 4.52 Å². The van der Waals surface area contributed by atoms with Gasteiger partial charge < -0.3 is 9.84 Å². The van der Waals surface area contributed by atoms with Gasteiger partial charge in [0.05, 0.1) is 5.69 Å². The summed E-state index contributed by atoms with van der Waals surface area (Å²) in [6, 6.07) is 1.88. The Balaban J connectivity index is 2.00. The quantitative estimate of drug-likeness (QED) is 0.682. The van der Waals surface area contributed by atoms with Crippen LogP contribution in [0.25, 0.3) is 0 Å². The minimum Gasteiger partial charge on any atom is -0.391 e. The van der Waals surface area contributed by atoms with Crippen molar-refractivity contribution < 1.29 is 4.52 Å². The molecule has 0 radical (unpaired) electrons. The average Bonchev–Trinajstić information content (AvgIpc) is 2.57. The minimum atomic E-state index is 0.912. The van der Waals surface area contributed by atoms with E-state index in [1.165, 1.54) is 0 Å². The van der Waals surface area contributed by atoms with Gasteiger partial charge >= 0.3 is 0 Å². The summed E-state index contributed by atoms with van der Waals surface area (Å²) in [5.74, 6) is 1.97. The van der Waals surface area contributed by atoms with Crippen LogP contribution in [0.15, 0.2) is 29.6 Å². The lowest BCUT2D eigenvalue weighted by atomic mass is 10.5. The van der Waals surface area contributed by atoms with E-state index in [0.29, 0.717) is 0 Å². The summed E-state index contributed by atoms with van der Waals surface area (Å²) in [5, 5.41) is 6.83. The first-order valence-corrected chi connectivity index (χ1v) is 4.90. The molecular formula is C8H12N2OS. The van der Waals surface area contributed by atoms with E-state index >= 15 is 0 Å². The monoisotopic (exact) mass is 184 g/mol. The van der Waals surface area contributed by atoms with Crippen molar-refractivity contribution in [2.75, 3.05) is 12.3 Å². The van der Waals surface area contributed by atoms with Crippen LogP contribution < -0.4 is 5.32 Å². The zero-order valence-corrected chi connectivity index (χ0v) is 7.64. The SMILES string of the molecule is C=CNCCSCc1ccon1. The van der Waals surface area contributed by atoms with Crippen molar-refractivity contribution >= 4 is 11.8 Å². The molecule has 0 unspecified atom stereocenters. The van der Waals surface area contributed by atoms with Gasteiger partial charge in [-0.25, -0.2) is 0 Å². The molecule has 0 saturated carbocycles. The number of thioether (sulfide) groups is 1. The summed E-state index contributed by atoms with van der Waals surface area (Å²) in [5.41, 5.74) is 0.999. The molecule has 0 spiro atoms. The maximum absolute atomic E-state index is 4.70. The fraction of sp³-hybridized carbons (Fsp3) is 0.375. The maximum Gasteiger partial charge on any atom is 0.124 e. The molecule has 0 atom stereocenters. The lowest BCUT2D eigenvalue weighted by Crippen LogP contribution is -2.08. The number of aromatic nitrogens is 1. The molecule has 0 saturated heterocycles. The molecular weight excluding hydrogens is 172 g/mol. The molecule has 12 heavy (non-hydrogen) atoms. The highest BCUT2D eigenvalue weighted by Crippen LogP contribution is 2.08. The molecule has 1 aromatic rings. The molecule has 4 heteroatoms. The largest absolute Gasteiger partial charge is 0.391 e. The second-order valence-electron chi connectivity index (χ2n) is 2.20. The maximum atomic E-state index is 4.70. The van der Waals surface area contributed by atoms with Crippen LogP contribution in [0, 0.1) is 0 Å². The van der Waals surface area contributed by atoms with Crippen LogP contribution in [0.1, 0.15) is 5.69 Å². The lowest BCUT2D eigenvalue weighted by Gasteiger charge is -1.98. The molecule has 0 amide bonds. The van der Waals surface area contributed by atoms with Crippen molar-refractivity contribution in [1.29, 1.82) is 0 Å². The van der Waals surface area contributed by atoms with Gasteiger partial charge in [0, 0.05) is 24.1 Å². The predicted octanol–water partition coefficient (Wildman–Crippen LogP) is 1.64. The highest BCUT2D eigenvalue weighted by atomic mass is 32.2. The molecule has 3 nitrogen and oxygen atoms in total. The van der Waals surface area contributed by atoms with Gasteiger partial charge in [0.15, 0.2) is 0 Å². The van der Waals surface area contributed by atoms with Crippen LogP contribution in [0.4, 0.5) is 0 Å². The van der Waals surface area contributed by atoms with Gasteiger partial charge in [-0.1, -0.05) is 11.7 Å². The molecule has 0 aliphatic carbocycles. The second kappa shape index (κ2) is 5.71. The van der Waals surface area contributed by atoms with Crippen LogP contribution in [0.5, 0.6) is 0 Å². The topological polar surface area (TPSA) is 38.1 Å². The number of rotatable bonds is 6. The fourth-order valence-corrected chi connectivity index (χ4v) is 1.49. The minimum absolute atomic E-state index is 0.912. The molecule has 0 aliphatic rings. The average molecular weight is 184 g/mol. The van der Waals surface area contributed by atoms with Gasteiger partial charge in [-0.2, -0.15) is 11.8 Å². The van der Waals surface area contributed by atoms with Gasteiger partial charge in [-0.05, 0) is 6.20 Å². The number of nitrogens with zero attached hydrogens (tertiary/aromatic N) is 1. The van der Waals surface area contributed by atoms with E-state index in [1.807, 2.05) is 17.8 Å². The Hall–Kier alpha value is -0.900. The van der Waals surface area contributed by atoms with E-state index in [-0.39, 0.29) is 0 Å². The summed E-state index contributed by atoms with van der Waals surface area (Å²) in [7, 11) is 0. The molecule has 1 heterocycles. The Labute approximate surface area is 76.2 Å². The molecule has 0 fully saturated rings. The van der Waals surface area contributed by atoms with Crippen molar-refractivity contribution in [3.05, 3.63) is 30.8 Å². The highest BCUT2D eigenvalue weighted by Gasteiger charge is 1.94. The molecule has 1 rings (SSSR count). The van der Waals surface area contributed by atoms with E-state index in [2.05, 4.69) is 17.1 Å². The molecule has 1 aromatic heterocycles. The molecule has 0 bridgehead atoms. The fourth-order valence-electron chi connectivity index (χ4n) is 0.722. The van der Waals surface area contributed by atoms with Crippen molar-refractivity contribution in [1.82, 2.24) is 10.5 Å². The summed E-state index contributed by atoms with van der Waals surface area (Å²) in [6.45, 7) is 4.51. The van der Waals surface area contributed by atoms with Crippen LogP contribution in [-0.2, 0) is 5.75 Å². The van der Waals surface area contributed by atoms with Crippen LogP contribution in [0.2, 0.25) is 0 Å². The highest BCUT2D eigenvalue weighted by molar-refractivity contribution is 7.98.